The maximum atomic E-state index is 12.4. The number of anilines is 1. The van der Waals surface area contributed by atoms with E-state index in [-0.39, 0.29) is 16.8 Å². The third-order valence-corrected chi connectivity index (χ3v) is 3.96. The van der Waals surface area contributed by atoms with Crippen molar-refractivity contribution in [2.45, 2.75) is 0 Å². The summed E-state index contributed by atoms with van der Waals surface area (Å²) < 4.78 is 11.2. The van der Waals surface area contributed by atoms with Crippen LogP contribution >= 0.6 is 15.9 Å². The highest BCUT2D eigenvalue weighted by Crippen LogP contribution is 2.35. The van der Waals surface area contributed by atoms with Crippen molar-refractivity contribution < 1.29 is 24.2 Å². The molecule has 7 nitrogen and oxygen atoms in total. The Morgan fingerprint density at radius 3 is 2.56 bits per heavy atom. The minimum absolute atomic E-state index is 0.0219. The summed E-state index contributed by atoms with van der Waals surface area (Å²) in [6.45, 7) is 0. The molecule has 0 saturated heterocycles. The molecular formula is C19H15BrN2O5. The number of methoxy groups -OCH3 is 2. The molecule has 0 bridgehead atoms. The maximum Gasteiger partial charge on any atom is 0.335 e. The normalized spacial score (nSPS) is 10.7. The van der Waals surface area contributed by atoms with Crippen molar-refractivity contribution in [1.29, 1.82) is 5.26 Å². The number of nitriles is 1. The van der Waals surface area contributed by atoms with Gasteiger partial charge in [0.05, 0.1) is 19.8 Å². The van der Waals surface area contributed by atoms with Crippen molar-refractivity contribution >= 4 is 39.6 Å². The van der Waals surface area contributed by atoms with Crippen LogP contribution in [-0.2, 0) is 4.79 Å². The number of benzene rings is 2. The van der Waals surface area contributed by atoms with Gasteiger partial charge in [-0.2, -0.15) is 5.26 Å². The number of carbonyl (C=O) groups excluding carboxylic acids is 1. The smallest absolute Gasteiger partial charge is 0.335 e. The van der Waals surface area contributed by atoms with E-state index in [1.54, 1.807) is 12.1 Å². The molecule has 0 spiro atoms. The molecule has 2 aromatic rings. The first kappa shape index (κ1) is 20.0. The Hall–Kier alpha value is -3.31. The van der Waals surface area contributed by atoms with Gasteiger partial charge in [0.25, 0.3) is 5.91 Å². The van der Waals surface area contributed by atoms with Gasteiger partial charge in [0.15, 0.2) is 11.5 Å². The van der Waals surface area contributed by atoms with E-state index >= 15 is 0 Å². The summed E-state index contributed by atoms with van der Waals surface area (Å²) in [6.07, 6.45) is 1.36. The van der Waals surface area contributed by atoms with Crippen LogP contribution in [0.25, 0.3) is 6.08 Å². The molecule has 0 aliphatic heterocycles. The monoisotopic (exact) mass is 430 g/mol. The van der Waals surface area contributed by atoms with Gasteiger partial charge < -0.3 is 19.9 Å². The quantitative estimate of drug-likeness (QED) is 0.533. The molecule has 138 valence electrons. The second-order valence-electron chi connectivity index (χ2n) is 5.24. The van der Waals surface area contributed by atoms with E-state index in [9.17, 15) is 14.9 Å². The van der Waals surface area contributed by atoms with Crippen molar-refractivity contribution in [1.82, 2.24) is 0 Å². The predicted molar refractivity (Wildman–Crippen MR) is 103 cm³/mol. The van der Waals surface area contributed by atoms with Crippen LogP contribution in [0.15, 0.2) is 46.4 Å². The molecule has 0 unspecified atom stereocenters. The molecule has 2 aromatic carbocycles. The van der Waals surface area contributed by atoms with E-state index in [0.29, 0.717) is 21.5 Å². The molecule has 27 heavy (non-hydrogen) atoms. The van der Waals surface area contributed by atoms with E-state index in [0.717, 1.165) is 0 Å². The minimum atomic E-state index is -1.12. The van der Waals surface area contributed by atoms with Gasteiger partial charge in [-0.25, -0.2) is 4.79 Å². The average molecular weight is 431 g/mol. The molecule has 0 atom stereocenters. The maximum absolute atomic E-state index is 12.4. The molecule has 2 N–H and O–H groups in total. The van der Waals surface area contributed by atoms with Crippen molar-refractivity contribution in [2.24, 2.45) is 0 Å². The van der Waals surface area contributed by atoms with Gasteiger partial charge in [-0.05, 0) is 36.4 Å². The Morgan fingerprint density at radius 1 is 1.22 bits per heavy atom. The SMILES string of the molecule is COc1cc(Br)cc(/C=C(/C#N)C(=O)Nc2cccc(C(=O)O)c2)c1OC. The largest absolute Gasteiger partial charge is 0.493 e. The summed E-state index contributed by atoms with van der Waals surface area (Å²) >= 11 is 3.34. The number of aromatic carboxylic acids is 1. The number of carboxylic acid groups (broad SMARTS) is 1. The summed E-state index contributed by atoms with van der Waals surface area (Å²) in [7, 11) is 2.93. The molecular weight excluding hydrogens is 416 g/mol. The minimum Gasteiger partial charge on any atom is -0.493 e. The van der Waals surface area contributed by atoms with Crippen LogP contribution in [0.4, 0.5) is 5.69 Å². The number of hydrogen-bond acceptors (Lipinski definition) is 5. The highest BCUT2D eigenvalue weighted by Gasteiger charge is 2.15. The van der Waals surface area contributed by atoms with Crippen LogP contribution in [0.5, 0.6) is 11.5 Å². The molecule has 0 aliphatic rings. The topological polar surface area (TPSA) is 109 Å². The summed E-state index contributed by atoms with van der Waals surface area (Å²) in [5.41, 5.74) is 0.567. The van der Waals surface area contributed by atoms with Crippen molar-refractivity contribution in [3.8, 4) is 17.6 Å². The number of carbonyl (C=O) groups is 2. The van der Waals surface area contributed by atoms with Crippen LogP contribution in [0.2, 0.25) is 0 Å². The van der Waals surface area contributed by atoms with Gasteiger partial charge in [-0.15, -0.1) is 0 Å². The molecule has 1 amide bonds. The number of rotatable bonds is 6. The number of carboxylic acids is 1. The van der Waals surface area contributed by atoms with Gasteiger partial charge in [0, 0.05) is 15.7 Å². The Balaban J connectivity index is 2.38. The van der Waals surface area contributed by atoms with Gasteiger partial charge in [-0.1, -0.05) is 22.0 Å². The molecule has 0 radical (unpaired) electrons. The van der Waals surface area contributed by atoms with E-state index in [1.807, 2.05) is 6.07 Å². The van der Waals surface area contributed by atoms with Crippen LogP contribution in [0.3, 0.4) is 0 Å². The number of nitrogens with zero attached hydrogens (tertiary/aromatic N) is 1. The lowest BCUT2D eigenvalue weighted by atomic mass is 10.1. The van der Waals surface area contributed by atoms with E-state index in [2.05, 4.69) is 21.2 Å². The highest BCUT2D eigenvalue weighted by molar-refractivity contribution is 9.10. The Morgan fingerprint density at radius 2 is 1.96 bits per heavy atom. The van der Waals surface area contributed by atoms with Crippen LogP contribution in [-0.4, -0.2) is 31.2 Å². The first-order valence-corrected chi connectivity index (χ1v) is 8.37. The van der Waals surface area contributed by atoms with Crippen molar-refractivity contribution in [2.75, 3.05) is 19.5 Å². The number of halogens is 1. The summed E-state index contributed by atoms with van der Waals surface area (Å²) in [6, 6.07) is 10.9. The van der Waals surface area contributed by atoms with Crippen molar-refractivity contribution in [3.05, 3.63) is 57.6 Å². The lowest BCUT2D eigenvalue weighted by Crippen LogP contribution is -2.14. The lowest BCUT2D eigenvalue weighted by molar-refractivity contribution is -0.112. The molecule has 0 heterocycles. The summed E-state index contributed by atoms with van der Waals surface area (Å²) in [5.74, 6) is -0.992. The number of ether oxygens (including phenoxy) is 2. The Kier molecular flexibility index (Phi) is 6.57. The fraction of sp³-hybridized carbons (Fsp3) is 0.105. The molecule has 0 fully saturated rings. The van der Waals surface area contributed by atoms with Gasteiger partial charge >= 0.3 is 5.97 Å². The number of nitrogens with one attached hydrogen (secondary N) is 1. The first-order chi connectivity index (χ1) is 12.9. The molecule has 8 heteroatoms. The first-order valence-electron chi connectivity index (χ1n) is 7.57. The Labute approximate surface area is 164 Å². The second kappa shape index (κ2) is 8.87. The van der Waals surface area contributed by atoms with Gasteiger partial charge in [0.1, 0.15) is 11.6 Å². The Bertz CT molecular complexity index is 963. The summed E-state index contributed by atoms with van der Waals surface area (Å²) in [4.78, 5) is 23.5. The molecule has 0 saturated carbocycles. The van der Waals surface area contributed by atoms with Crippen LogP contribution in [0.1, 0.15) is 15.9 Å². The third-order valence-electron chi connectivity index (χ3n) is 3.50. The predicted octanol–water partition coefficient (Wildman–Crippen LogP) is 3.71. The third kappa shape index (κ3) is 4.86. The summed E-state index contributed by atoms with van der Waals surface area (Å²) in [5, 5.41) is 20.9. The van der Waals surface area contributed by atoms with E-state index in [1.165, 1.54) is 44.6 Å². The zero-order valence-corrected chi connectivity index (χ0v) is 16.0. The zero-order valence-electron chi connectivity index (χ0n) is 14.4. The number of amides is 1. The fourth-order valence-corrected chi connectivity index (χ4v) is 2.75. The van der Waals surface area contributed by atoms with E-state index in [4.69, 9.17) is 14.6 Å². The standard InChI is InChI=1S/C19H15BrN2O5/c1-26-16-9-14(20)7-12(17(16)27-2)6-13(10-21)18(23)22-15-5-3-4-11(8-15)19(24)25/h3-9H,1-2H3,(H,22,23)(H,24,25)/b13-6-. The molecule has 0 aliphatic carbocycles. The molecule has 2 rings (SSSR count). The van der Waals surface area contributed by atoms with Crippen molar-refractivity contribution in [3.63, 3.8) is 0 Å². The zero-order chi connectivity index (χ0) is 20.0. The van der Waals surface area contributed by atoms with E-state index < -0.39 is 11.9 Å². The van der Waals surface area contributed by atoms with Crippen LogP contribution < -0.4 is 14.8 Å². The molecule has 0 aromatic heterocycles. The number of hydrogen-bond donors (Lipinski definition) is 2. The second-order valence-corrected chi connectivity index (χ2v) is 6.16. The van der Waals surface area contributed by atoms with Gasteiger partial charge in [-0.3, -0.25) is 4.79 Å². The highest BCUT2D eigenvalue weighted by atomic mass is 79.9. The van der Waals surface area contributed by atoms with Gasteiger partial charge in [0.2, 0.25) is 0 Å². The van der Waals surface area contributed by atoms with Crippen LogP contribution in [0, 0.1) is 11.3 Å². The average Bonchev–Trinajstić information content (AvgIpc) is 2.65. The fourth-order valence-electron chi connectivity index (χ4n) is 2.30. The lowest BCUT2D eigenvalue weighted by Gasteiger charge is -2.12.